The van der Waals surface area contributed by atoms with Gasteiger partial charge in [0.15, 0.2) is 9.84 Å². The molecule has 0 radical (unpaired) electrons. The smallest absolute Gasteiger partial charge is 0.151 e. The first-order valence-corrected chi connectivity index (χ1v) is 9.23. The number of thioether (sulfide) groups is 1. The van der Waals surface area contributed by atoms with Crippen LogP contribution in [-0.2, 0) is 9.84 Å². The molecule has 0 amide bonds. The van der Waals surface area contributed by atoms with Gasteiger partial charge in [-0.05, 0) is 42.4 Å². The third-order valence-electron chi connectivity index (χ3n) is 3.68. The molecule has 1 aromatic carbocycles. The molecule has 19 heavy (non-hydrogen) atoms. The minimum atomic E-state index is -2.87. The number of halogens is 1. The first-order chi connectivity index (χ1) is 9.03. The summed E-state index contributed by atoms with van der Waals surface area (Å²) in [5.74, 6) is 1.23. The Morgan fingerprint density at radius 1 is 1.32 bits per heavy atom. The van der Waals surface area contributed by atoms with E-state index < -0.39 is 9.84 Å². The Hall–Kier alpha value is -0.590. The zero-order valence-electron chi connectivity index (χ0n) is 10.4. The number of hydrogen-bond acceptors (Lipinski definition) is 4. The SMILES string of the molecule is O=S1(=O)CCC(NC2CCSc3ccc(F)cc32)C1. The van der Waals surface area contributed by atoms with Crippen LogP contribution >= 0.6 is 11.8 Å². The lowest BCUT2D eigenvalue weighted by Gasteiger charge is -2.28. The van der Waals surface area contributed by atoms with Crippen LogP contribution in [0.5, 0.6) is 0 Å². The molecule has 1 fully saturated rings. The summed E-state index contributed by atoms with van der Waals surface area (Å²) in [5.41, 5.74) is 0.973. The molecular formula is C13H16FNO2S2. The van der Waals surface area contributed by atoms with Crippen LogP contribution in [0.25, 0.3) is 0 Å². The van der Waals surface area contributed by atoms with Gasteiger partial charge in [0, 0.05) is 17.0 Å². The zero-order chi connectivity index (χ0) is 13.5. The Morgan fingerprint density at radius 3 is 2.89 bits per heavy atom. The molecule has 0 aliphatic carbocycles. The number of benzene rings is 1. The summed E-state index contributed by atoms with van der Waals surface area (Å²) < 4.78 is 36.3. The van der Waals surface area contributed by atoms with Crippen molar-refractivity contribution in [1.82, 2.24) is 5.32 Å². The summed E-state index contributed by atoms with van der Waals surface area (Å²) in [6.07, 6.45) is 1.58. The maximum Gasteiger partial charge on any atom is 0.151 e. The average Bonchev–Trinajstić information content (AvgIpc) is 2.69. The van der Waals surface area contributed by atoms with Crippen molar-refractivity contribution in [3.8, 4) is 0 Å². The van der Waals surface area contributed by atoms with Crippen molar-refractivity contribution in [1.29, 1.82) is 0 Å². The number of nitrogens with one attached hydrogen (secondary N) is 1. The third-order valence-corrected chi connectivity index (χ3v) is 6.57. The molecule has 1 N–H and O–H groups in total. The highest BCUT2D eigenvalue weighted by Gasteiger charge is 2.31. The predicted molar refractivity (Wildman–Crippen MR) is 74.7 cm³/mol. The maximum absolute atomic E-state index is 13.4. The molecule has 3 nitrogen and oxygen atoms in total. The molecule has 1 saturated heterocycles. The van der Waals surface area contributed by atoms with E-state index in [2.05, 4.69) is 5.32 Å². The Morgan fingerprint density at radius 2 is 2.16 bits per heavy atom. The van der Waals surface area contributed by atoms with Crippen molar-refractivity contribution in [3.05, 3.63) is 29.6 Å². The molecule has 2 aliphatic heterocycles. The van der Waals surface area contributed by atoms with Gasteiger partial charge >= 0.3 is 0 Å². The van der Waals surface area contributed by atoms with Crippen molar-refractivity contribution in [2.24, 2.45) is 0 Å². The van der Waals surface area contributed by atoms with Crippen molar-refractivity contribution in [3.63, 3.8) is 0 Å². The Balaban J connectivity index is 1.79. The fraction of sp³-hybridized carbons (Fsp3) is 0.538. The fourth-order valence-electron chi connectivity index (χ4n) is 2.75. The van der Waals surface area contributed by atoms with Gasteiger partial charge in [-0.2, -0.15) is 0 Å². The Kier molecular flexibility index (Phi) is 3.57. The Labute approximate surface area is 116 Å². The highest BCUT2D eigenvalue weighted by molar-refractivity contribution is 7.99. The monoisotopic (exact) mass is 301 g/mol. The largest absolute Gasteiger partial charge is 0.306 e. The lowest BCUT2D eigenvalue weighted by molar-refractivity contribution is 0.442. The van der Waals surface area contributed by atoms with Gasteiger partial charge in [-0.25, -0.2) is 12.8 Å². The van der Waals surface area contributed by atoms with Crippen LogP contribution in [0.4, 0.5) is 4.39 Å². The molecule has 0 saturated carbocycles. The normalized spacial score (nSPS) is 29.1. The van der Waals surface area contributed by atoms with Crippen molar-refractivity contribution >= 4 is 21.6 Å². The lowest BCUT2D eigenvalue weighted by atomic mass is 10.0. The number of hydrogen-bond donors (Lipinski definition) is 1. The standard InChI is InChI=1S/C13H16FNO2S2/c14-9-1-2-13-11(7-9)12(3-5-18-13)15-10-4-6-19(16,17)8-10/h1-2,7,10,12,15H,3-6,8H2. The molecule has 3 rings (SSSR count). The van der Waals surface area contributed by atoms with Gasteiger partial charge in [0.25, 0.3) is 0 Å². The highest BCUT2D eigenvalue weighted by atomic mass is 32.2. The molecule has 0 bridgehead atoms. The molecule has 2 aliphatic rings. The van der Waals surface area contributed by atoms with Gasteiger partial charge in [0.05, 0.1) is 11.5 Å². The quantitative estimate of drug-likeness (QED) is 0.909. The van der Waals surface area contributed by atoms with Gasteiger partial charge in [0.1, 0.15) is 5.82 Å². The van der Waals surface area contributed by atoms with Gasteiger partial charge in [-0.3, -0.25) is 0 Å². The van der Waals surface area contributed by atoms with E-state index in [9.17, 15) is 12.8 Å². The van der Waals surface area contributed by atoms with Crippen molar-refractivity contribution in [2.75, 3.05) is 17.3 Å². The number of fused-ring (bicyclic) bond motifs is 1. The molecule has 0 aromatic heterocycles. The summed E-state index contributed by atoms with van der Waals surface area (Å²) in [6, 6.07) is 4.95. The number of rotatable bonds is 2. The van der Waals surface area contributed by atoms with E-state index in [4.69, 9.17) is 0 Å². The van der Waals surface area contributed by atoms with E-state index >= 15 is 0 Å². The van der Waals surface area contributed by atoms with E-state index in [0.717, 1.165) is 22.6 Å². The summed E-state index contributed by atoms with van der Waals surface area (Å²) in [6.45, 7) is 0. The van der Waals surface area contributed by atoms with E-state index in [1.54, 1.807) is 17.8 Å². The maximum atomic E-state index is 13.4. The summed E-state index contributed by atoms with van der Waals surface area (Å²) >= 11 is 1.73. The van der Waals surface area contributed by atoms with Crippen LogP contribution in [0.1, 0.15) is 24.4 Å². The molecule has 6 heteroatoms. The minimum Gasteiger partial charge on any atom is -0.306 e. The molecule has 2 heterocycles. The van der Waals surface area contributed by atoms with Gasteiger partial charge in [0.2, 0.25) is 0 Å². The molecular weight excluding hydrogens is 285 g/mol. The number of sulfone groups is 1. The Bertz CT molecular complexity index is 588. The predicted octanol–water partition coefficient (Wildman–Crippen LogP) is 2.14. The summed E-state index contributed by atoms with van der Waals surface area (Å²) in [5, 5.41) is 3.40. The van der Waals surface area contributed by atoms with Gasteiger partial charge in [-0.15, -0.1) is 11.8 Å². The molecule has 2 atom stereocenters. The lowest BCUT2D eigenvalue weighted by Crippen LogP contribution is -2.35. The van der Waals surface area contributed by atoms with E-state index in [1.807, 2.05) is 6.07 Å². The van der Waals surface area contributed by atoms with Crippen LogP contribution in [0.2, 0.25) is 0 Å². The zero-order valence-corrected chi connectivity index (χ0v) is 12.1. The molecule has 2 unspecified atom stereocenters. The second-order valence-corrected chi connectivity index (χ2v) is 8.50. The van der Waals surface area contributed by atoms with Crippen LogP contribution in [0, 0.1) is 5.82 Å². The topological polar surface area (TPSA) is 46.2 Å². The van der Waals surface area contributed by atoms with E-state index in [0.29, 0.717) is 6.42 Å². The average molecular weight is 301 g/mol. The van der Waals surface area contributed by atoms with Gasteiger partial charge < -0.3 is 5.32 Å². The van der Waals surface area contributed by atoms with Crippen molar-refractivity contribution in [2.45, 2.75) is 29.8 Å². The molecule has 104 valence electrons. The van der Waals surface area contributed by atoms with Crippen molar-refractivity contribution < 1.29 is 12.8 Å². The molecule has 0 spiro atoms. The summed E-state index contributed by atoms with van der Waals surface area (Å²) in [7, 11) is -2.87. The second-order valence-electron chi connectivity index (χ2n) is 5.14. The van der Waals surface area contributed by atoms with Crippen LogP contribution in [0.3, 0.4) is 0 Å². The molecule has 1 aromatic rings. The fourth-order valence-corrected chi connectivity index (χ4v) is 5.54. The van der Waals surface area contributed by atoms with E-state index in [-0.39, 0.29) is 29.4 Å². The van der Waals surface area contributed by atoms with E-state index in [1.165, 1.54) is 6.07 Å². The first kappa shape index (κ1) is 13.4. The van der Waals surface area contributed by atoms with Crippen LogP contribution in [0.15, 0.2) is 23.1 Å². The summed E-state index contributed by atoms with van der Waals surface area (Å²) in [4.78, 5) is 1.10. The third kappa shape index (κ3) is 2.95. The first-order valence-electron chi connectivity index (χ1n) is 6.42. The minimum absolute atomic E-state index is 0.00853. The second kappa shape index (κ2) is 5.07. The van der Waals surface area contributed by atoms with Gasteiger partial charge in [-0.1, -0.05) is 0 Å². The van der Waals surface area contributed by atoms with Crippen LogP contribution < -0.4 is 5.32 Å². The van der Waals surface area contributed by atoms with Crippen LogP contribution in [-0.4, -0.2) is 31.7 Å². The highest BCUT2D eigenvalue weighted by Crippen LogP contribution is 2.37.